The van der Waals surface area contributed by atoms with Crippen LogP contribution in [0.5, 0.6) is 5.75 Å². The Kier molecular flexibility index (Phi) is 6.24. The van der Waals surface area contributed by atoms with Crippen LogP contribution in [0, 0.1) is 12.7 Å². The molecule has 3 aromatic carbocycles. The van der Waals surface area contributed by atoms with Crippen LogP contribution in [0.25, 0.3) is 16.8 Å². The molecule has 0 bridgehead atoms. The molecule has 0 aliphatic rings. The highest BCUT2D eigenvalue weighted by atomic mass is 35.5. The number of aromatic nitrogens is 2. The predicted molar refractivity (Wildman–Crippen MR) is 126 cm³/mol. The van der Waals surface area contributed by atoms with Gasteiger partial charge in [0.1, 0.15) is 23.1 Å². The van der Waals surface area contributed by atoms with E-state index in [1.54, 1.807) is 62.6 Å². The minimum Gasteiger partial charge on any atom is -0.497 e. The predicted octanol–water partition coefficient (Wildman–Crippen LogP) is 5.26. The number of nitrogens with one attached hydrogen (secondary N) is 1. The van der Waals surface area contributed by atoms with Gasteiger partial charge in [-0.25, -0.2) is 9.07 Å². The highest BCUT2D eigenvalue weighted by molar-refractivity contribution is 6.34. The lowest BCUT2D eigenvalue weighted by molar-refractivity contribution is 0.102. The van der Waals surface area contributed by atoms with Crippen molar-refractivity contribution in [2.75, 3.05) is 12.4 Å². The lowest BCUT2D eigenvalue weighted by Crippen LogP contribution is -2.25. The average molecular weight is 464 g/mol. The third-order valence-corrected chi connectivity index (χ3v) is 5.38. The van der Waals surface area contributed by atoms with Gasteiger partial charge in [-0.1, -0.05) is 35.9 Å². The van der Waals surface area contributed by atoms with Gasteiger partial charge in [0.05, 0.1) is 28.9 Å². The fourth-order valence-electron chi connectivity index (χ4n) is 3.37. The van der Waals surface area contributed by atoms with E-state index in [4.69, 9.17) is 16.3 Å². The second-order valence-corrected chi connectivity index (χ2v) is 7.60. The third-order valence-electron chi connectivity index (χ3n) is 5.05. The largest absolute Gasteiger partial charge is 0.497 e. The summed E-state index contributed by atoms with van der Waals surface area (Å²) in [4.78, 5) is 26.4. The molecule has 33 heavy (non-hydrogen) atoms. The maximum atomic E-state index is 13.6. The van der Waals surface area contributed by atoms with Crippen LogP contribution in [0.15, 0.2) is 77.6 Å². The molecule has 166 valence electrons. The van der Waals surface area contributed by atoms with E-state index in [9.17, 15) is 14.0 Å². The molecule has 1 aromatic heterocycles. The lowest BCUT2D eigenvalue weighted by atomic mass is 10.0. The molecule has 0 saturated heterocycles. The van der Waals surface area contributed by atoms with Crippen molar-refractivity contribution in [1.29, 1.82) is 0 Å². The summed E-state index contributed by atoms with van der Waals surface area (Å²) in [5.74, 6) is -0.192. The van der Waals surface area contributed by atoms with E-state index in [-0.39, 0.29) is 33.1 Å². The Morgan fingerprint density at radius 1 is 1.03 bits per heavy atom. The molecular formula is C25H19ClFN3O3. The first-order chi connectivity index (χ1) is 15.9. The molecule has 0 unspecified atom stereocenters. The molecule has 8 heteroatoms. The fraction of sp³-hybridized carbons (Fsp3) is 0.0800. The number of aryl methyl sites for hydroxylation is 1. The minimum absolute atomic E-state index is 0.132. The summed E-state index contributed by atoms with van der Waals surface area (Å²) >= 11 is 6.21. The number of benzene rings is 3. The van der Waals surface area contributed by atoms with Crippen LogP contribution in [0.1, 0.15) is 16.1 Å². The quantitative estimate of drug-likeness (QED) is 0.438. The first-order valence-corrected chi connectivity index (χ1v) is 10.4. The van der Waals surface area contributed by atoms with Crippen LogP contribution >= 0.6 is 11.6 Å². The van der Waals surface area contributed by atoms with Gasteiger partial charge in [0, 0.05) is 0 Å². The Balaban J connectivity index is 1.96. The molecule has 1 amide bonds. The van der Waals surface area contributed by atoms with E-state index in [0.717, 1.165) is 0 Å². The number of anilines is 1. The number of nitrogens with zero attached hydrogens (tertiary/aromatic N) is 2. The second kappa shape index (κ2) is 9.26. The molecule has 6 nitrogen and oxygen atoms in total. The third kappa shape index (κ3) is 4.49. The van der Waals surface area contributed by atoms with Crippen LogP contribution < -0.4 is 15.5 Å². The summed E-state index contributed by atoms with van der Waals surface area (Å²) in [6, 6.07) is 19.0. The minimum atomic E-state index is -0.517. The molecule has 0 fully saturated rings. The van der Waals surface area contributed by atoms with Gasteiger partial charge < -0.3 is 10.1 Å². The summed E-state index contributed by atoms with van der Waals surface area (Å²) in [5, 5.41) is 7.43. The molecule has 1 heterocycles. The lowest BCUT2D eigenvalue weighted by Gasteiger charge is -2.19. The molecule has 0 atom stereocenters. The first kappa shape index (κ1) is 22.2. The summed E-state index contributed by atoms with van der Waals surface area (Å²) in [6.07, 6.45) is 0. The maximum absolute atomic E-state index is 13.6. The molecule has 0 radical (unpaired) electrons. The molecule has 0 aliphatic carbocycles. The van der Waals surface area contributed by atoms with Gasteiger partial charge in [-0.2, -0.15) is 5.10 Å². The number of ether oxygens (including phenoxy) is 1. The summed E-state index contributed by atoms with van der Waals surface area (Å²) in [6.45, 7) is 1.58. The van der Waals surface area contributed by atoms with E-state index < -0.39 is 11.7 Å². The van der Waals surface area contributed by atoms with Crippen LogP contribution in [-0.4, -0.2) is 22.8 Å². The Bertz CT molecular complexity index is 1380. The molecule has 4 aromatic rings. The normalized spacial score (nSPS) is 10.7. The van der Waals surface area contributed by atoms with E-state index in [1.807, 2.05) is 0 Å². The van der Waals surface area contributed by atoms with Crippen LogP contribution in [0.4, 0.5) is 10.2 Å². The van der Waals surface area contributed by atoms with Gasteiger partial charge in [-0.3, -0.25) is 9.59 Å². The molecule has 1 N–H and O–H groups in total. The number of rotatable bonds is 5. The first-order valence-electron chi connectivity index (χ1n) is 9.99. The number of carbonyl (C=O) groups is 1. The van der Waals surface area contributed by atoms with Crippen LogP contribution in [0.2, 0.25) is 5.02 Å². The SMILES string of the molecule is COc1ccc(-c2c(NC(=O)c3ccccc3Cl)n(-c3ccc(F)cc3)nc(C)c2=O)cc1. The van der Waals surface area contributed by atoms with E-state index >= 15 is 0 Å². The van der Waals surface area contributed by atoms with Crippen molar-refractivity contribution in [3.8, 4) is 22.6 Å². The van der Waals surface area contributed by atoms with Crippen molar-refractivity contribution in [2.45, 2.75) is 6.92 Å². The highest BCUT2D eigenvalue weighted by Gasteiger charge is 2.22. The maximum Gasteiger partial charge on any atom is 0.258 e. The molecule has 0 aliphatic heterocycles. The zero-order chi connectivity index (χ0) is 23.5. The van der Waals surface area contributed by atoms with Gasteiger partial charge >= 0.3 is 0 Å². The molecule has 0 spiro atoms. The number of amides is 1. The Morgan fingerprint density at radius 2 is 1.70 bits per heavy atom. The Labute approximate surface area is 194 Å². The Hall–Kier alpha value is -3.97. The van der Waals surface area contributed by atoms with Gasteiger partial charge in [0.25, 0.3) is 5.91 Å². The van der Waals surface area contributed by atoms with Gasteiger partial charge in [-0.15, -0.1) is 0 Å². The van der Waals surface area contributed by atoms with Crippen LogP contribution in [-0.2, 0) is 0 Å². The number of methoxy groups -OCH3 is 1. The van der Waals surface area contributed by atoms with Gasteiger partial charge in [-0.05, 0) is 61.0 Å². The zero-order valence-electron chi connectivity index (χ0n) is 17.8. The van der Waals surface area contributed by atoms with E-state index in [2.05, 4.69) is 10.4 Å². The van der Waals surface area contributed by atoms with Gasteiger partial charge in [0.15, 0.2) is 0 Å². The van der Waals surface area contributed by atoms with Crippen molar-refractivity contribution in [3.63, 3.8) is 0 Å². The fourth-order valence-corrected chi connectivity index (χ4v) is 3.59. The second-order valence-electron chi connectivity index (χ2n) is 7.19. The average Bonchev–Trinajstić information content (AvgIpc) is 2.82. The topological polar surface area (TPSA) is 73.2 Å². The van der Waals surface area contributed by atoms with Crippen molar-refractivity contribution in [1.82, 2.24) is 9.78 Å². The number of halogens is 2. The zero-order valence-corrected chi connectivity index (χ0v) is 18.6. The smallest absolute Gasteiger partial charge is 0.258 e. The summed E-state index contributed by atoms with van der Waals surface area (Å²) in [5.41, 5.74) is 1.34. The van der Waals surface area contributed by atoms with Crippen molar-refractivity contribution in [3.05, 3.63) is 105 Å². The standard InChI is InChI=1S/C25H19ClFN3O3/c1-15-23(31)22(16-7-13-19(33-2)14-8-16)24(28-25(32)20-5-3-4-6-21(20)26)30(29-15)18-11-9-17(27)10-12-18/h3-14H,1-2H3,(H,28,32). The van der Waals surface area contributed by atoms with Crippen molar-refractivity contribution >= 4 is 23.3 Å². The molecular weight excluding hydrogens is 445 g/mol. The van der Waals surface area contributed by atoms with Crippen molar-refractivity contribution in [2.24, 2.45) is 0 Å². The summed E-state index contributed by atoms with van der Waals surface area (Å²) < 4.78 is 20.2. The number of hydrogen-bond acceptors (Lipinski definition) is 4. The number of hydrogen-bond donors (Lipinski definition) is 1. The molecule has 4 rings (SSSR count). The van der Waals surface area contributed by atoms with Crippen molar-refractivity contribution < 1.29 is 13.9 Å². The van der Waals surface area contributed by atoms with E-state index in [1.165, 1.54) is 28.9 Å². The molecule has 0 saturated carbocycles. The Morgan fingerprint density at radius 3 is 2.33 bits per heavy atom. The van der Waals surface area contributed by atoms with Crippen LogP contribution in [0.3, 0.4) is 0 Å². The number of carbonyl (C=O) groups excluding carboxylic acids is 1. The monoisotopic (exact) mass is 463 g/mol. The van der Waals surface area contributed by atoms with Gasteiger partial charge in [0.2, 0.25) is 5.43 Å². The summed E-state index contributed by atoms with van der Waals surface area (Å²) in [7, 11) is 1.54. The highest BCUT2D eigenvalue weighted by Crippen LogP contribution is 2.29. The van der Waals surface area contributed by atoms with E-state index in [0.29, 0.717) is 17.0 Å².